The van der Waals surface area contributed by atoms with Gasteiger partial charge in [-0.2, -0.15) is 10.1 Å². The summed E-state index contributed by atoms with van der Waals surface area (Å²) in [6, 6.07) is 0.577. The molecule has 2 aromatic heterocycles. The molecule has 2 fully saturated rings. The zero-order valence-corrected chi connectivity index (χ0v) is 16.5. The van der Waals surface area contributed by atoms with Crippen LogP contribution in [0.25, 0.3) is 11.0 Å². The fourth-order valence-corrected chi connectivity index (χ4v) is 4.45. The summed E-state index contributed by atoms with van der Waals surface area (Å²) in [6.07, 6.45) is 5.98. The molecule has 4 rings (SSSR count). The summed E-state index contributed by atoms with van der Waals surface area (Å²) in [4.78, 5) is 25.0. The zero-order chi connectivity index (χ0) is 19.2. The summed E-state index contributed by atoms with van der Waals surface area (Å²) in [7, 11) is 0. The number of nitrogens with zero attached hydrogens (tertiary/aromatic N) is 5. The topological polar surface area (TPSA) is 90.3 Å². The van der Waals surface area contributed by atoms with Crippen molar-refractivity contribution in [3.8, 4) is 0 Å². The molecular weight excluding hydrogens is 344 g/mol. The number of likely N-dealkylation sites (tertiary alicyclic amines) is 1. The molecule has 2 saturated heterocycles. The third kappa shape index (κ3) is 3.36. The van der Waals surface area contributed by atoms with Crippen LogP contribution in [0.1, 0.15) is 46.5 Å². The lowest BCUT2D eigenvalue weighted by atomic mass is 10.1. The third-order valence-electron chi connectivity index (χ3n) is 5.87. The van der Waals surface area contributed by atoms with Gasteiger partial charge in [0.25, 0.3) is 5.56 Å². The van der Waals surface area contributed by atoms with Crippen molar-refractivity contribution in [2.24, 2.45) is 0 Å². The number of nitrogens with one attached hydrogen (secondary N) is 1. The third-order valence-corrected chi connectivity index (χ3v) is 5.87. The van der Waals surface area contributed by atoms with Crippen LogP contribution < -0.4 is 10.5 Å². The second-order valence-electron chi connectivity index (χ2n) is 8.82. The van der Waals surface area contributed by atoms with Gasteiger partial charge in [-0.05, 0) is 53.0 Å². The average molecular weight is 374 g/mol. The van der Waals surface area contributed by atoms with Gasteiger partial charge in [-0.1, -0.05) is 0 Å². The molecule has 2 unspecified atom stereocenters. The van der Waals surface area contributed by atoms with Crippen LogP contribution >= 0.6 is 0 Å². The summed E-state index contributed by atoms with van der Waals surface area (Å²) >= 11 is 0. The number of fused-ring (bicyclic) bond motifs is 1. The lowest BCUT2D eigenvalue weighted by Gasteiger charge is -2.31. The summed E-state index contributed by atoms with van der Waals surface area (Å²) < 4.78 is 1.83. The maximum atomic E-state index is 12.6. The van der Waals surface area contributed by atoms with Gasteiger partial charge in [0.1, 0.15) is 5.39 Å². The van der Waals surface area contributed by atoms with Crippen molar-refractivity contribution in [2.45, 2.75) is 64.1 Å². The lowest BCUT2D eigenvalue weighted by molar-refractivity contribution is 0.153. The standard InChI is InChI=1S/C19H30N6O2/c1-19(2,3)25-16-15(10-20-25)17(27)22-18(21-16)24-9-5-6-13(24)11-23-8-4-7-14(23)12-26/h10,13-14,26H,4-9,11-12H2,1-3H3,(H,21,22,27). The Morgan fingerprint density at radius 3 is 2.70 bits per heavy atom. The molecule has 27 heavy (non-hydrogen) atoms. The number of aliphatic hydroxyl groups excluding tert-OH is 1. The van der Waals surface area contributed by atoms with E-state index in [0.29, 0.717) is 23.0 Å². The van der Waals surface area contributed by atoms with Gasteiger partial charge < -0.3 is 10.0 Å². The first kappa shape index (κ1) is 18.4. The minimum atomic E-state index is -0.242. The van der Waals surface area contributed by atoms with Crippen molar-refractivity contribution < 1.29 is 5.11 Å². The fraction of sp³-hybridized carbons (Fsp3) is 0.737. The van der Waals surface area contributed by atoms with Crippen LogP contribution in [0.3, 0.4) is 0 Å². The molecule has 8 nitrogen and oxygen atoms in total. The predicted molar refractivity (Wildman–Crippen MR) is 105 cm³/mol. The predicted octanol–water partition coefficient (Wildman–Crippen LogP) is 1.30. The summed E-state index contributed by atoms with van der Waals surface area (Å²) in [5, 5.41) is 14.5. The number of H-pyrrole nitrogens is 1. The van der Waals surface area contributed by atoms with E-state index < -0.39 is 0 Å². The highest BCUT2D eigenvalue weighted by Crippen LogP contribution is 2.27. The van der Waals surface area contributed by atoms with E-state index in [-0.39, 0.29) is 23.7 Å². The Balaban J connectivity index is 1.65. The Morgan fingerprint density at radius 2 is 1.96 bits per heavy atom. The molecule has 2 aliphatic rings. The molecule has 0 radical (unpaired) electrons. The fourth-order valence-electron chi connectivity index (χ4n) is 4.45. The van der Waals surface area contributed by atoms with Gasteiger partial charge in [0, 0.05) is 25.2 Å². The first-order valence-corrected chi connectivity index (χ1v) is 9.98. The molecule has 0 amide bonds. The molecule has 148 valence electrons. The smallest absolute Gasteiger partial charge is 0.263 e. The van der Waals surface area contributed by atoms with Crippen LogP contribution in [0.4, 0.5) is 5.95 Å². The number of hydrogen-bond donors (Lipinski definition) is 2. The normalized spacial score (nSPS) is 24.4. The minimum absolute atomic E-state index is 0.134. The van der Waals surface area contributed by atoms with Gasteiger partial charge in [-0.3, -0.25) is 14.7 Å². The van der Waals surface area contributed by atoms with Gasteiger partial charge in [0.05, 0.1) is 18.3 Å². The number of rotatable bonds is 4. The number of anilines is 1. The number of hydrogen-bond acceptors (Lipinski definition) is 6. The Labute approximate surface area is 159 Å². The molecule has 0 bridgehead atoms. The zero-order valence-electron chi connectivity index (χ0n) is 16.5. The number of aliphatic hydroxyl groups is 1. The monoisotopic (exact) mass is 374 g/mol. The molecular formula is C19H30N6O2. The van der Waals surface area contributed by atoms with Crippen molar-refractivity contribution >= 4 is 17.0 Å². The van der Waals surface area contributed by atoms with Gasteiger partial charge in [-0.15, -0.1) is 0 Å². The van der Waals surface area contributed by atoms with E-state index >= 15 is 0 Å². The number of aromatic amines is 1. The van der Waals surface area contributed by atoms with Crippen molar-refractivity contribution in [1.82, 2.24) is 24.6 Å². The Kier molecular flexibility index (Phi) is 4.71. The summed E-state index contributed by atoms with van der Waals surface area (Å²) in [5.74, 6) is 0.640. The molecule has 0 aliphatic carbocycles. The molecule has 0 spiro atoms. The van der Waals surface area contributed by atoms with E-state index in [1.165, 1.54) is 0 Å². The second kappa shape index (κ2) is 6.91. The quantitative estimate of drug-likeness (QED) is 0.838. The van der Waals surface area contributed by atoms with E-state index in [2.05, 4.69) is 40.7 Å². The minimum Gasteiger partial charge on any atom is -0.395 e. The Morgan fingerprint density at radius 1 is 1.22 bits per heavy atom. The molecule has 0 aromatic carbocycles. The van der Waals surface area contributed by atoms with Crippen LogP contribution in [0.5, 0.6) is 0 Å². The lowest BCUT2D eigenvalue weighted by Crippen LogP contribution is -2.44. The van der Waals surface area contributed by atoms with Crippen LogP contribution in [0, 0.1) is 0 Å². The average Bonchev–Trinajstić information content (AvgIpc) is 3.32. The van der Waals surface area contributed by atoms with E-state index in [9.17, 15) is 9.90 Å². The highest BCUT2D eigenvalue weighted by atomic mass is 16.3. The van der Waals surface area contributed by atoms with E-state index in [0.717, 1.165) is 45.3 Å². The molecule has 2 aliphatic heterocycles. The van der Waals surface area contributed by atoms with E-state index in [1.807, 2.05) is 4.68 Å². The van der Waals surface area contributed by atoms with Crippen LogP contribution in [-0.4, -0.2) is 68.1 Å². The largest absolute Gasteiger partial charge is 0.395 e. The summed E-state index contributed by atoms with van der Waals surface area (Å²) in [6.45, 7) is 9.23. The molecule has 2 atom stereocenters. The van der Waals surface area contributed by atoms with Crippen molar-refractivity contribution in [3.05, 3.63) is 16.6 Å². The molecule has 0 saturated carbocycles. The van der Waals surface area contributed by atoms with E-state index in [4.69, 9.17) is 4.98 Å². The van der Waals surface area contributed by atoms with Crippen molar-refractivity contribution in [1.29, 1.82) is 0 Å². The van der Waals surface area contributed by atoms with Gasteiger partial charge in [-0.25, -0.2) is 4.68 Å². The highest BCUT2D eigenvalue weighted by Gasteiger charge is 2.33. The van der Waals surface area contributed by atoms with Crippen molar-refractivity contribution in [3.63, 3.8) is 0 Å². The van der Waals surface area contributed by atoms with Crippen LogP contribution in [-0.2, 0) is 5.54 Å². The van der Waals surface area contributed by atoms with Crippen molar-refractivity contribution in [2.75, 3.05) is 31.1 Å². The van der Waals surface area contributed by atoms with E-state index in [1.54, 1.807) is 6.20 Å². The molecule has 2 N–H and O–H groups in total. The van der Waals surface area contributed by atoms with Crippen LogP contribution in [0.15, 0.2) is 11.0 Å². The van der Waals surface area contributed by atoms with Crippen LogP contribution in [0.2, 0.25) is 0 Å². The van der Waals surface area contributed by atoms with Gasteiger partial charge >= 0.3 is 0 Å². The molecule has 8 heteroatoms. The molecule has 2 aromatic rings. The number of aromatic nitrogens is 4. The maximum Gasteiger partial charge on any atom is 0.263 e. The molecule has 4 heterocycles. The van der Waals surface area contributed by atoms with Gasteiger partial charge in [0.15, 0.2) is 5.65 Å². The maximum absolute atomic E-state index is 12.6. The van der Waals surface area contributed by atoms with Gasteiger partial charge in [0.2, 0.25) is 5.95 Å². The highest BCUT2D eigenvalue weighted by molar-refractivity contribution is 5.74. The first-order valence-electron chi connectivity index (χ1n) is 9.98. The first-order chi connectivity index (χ1) is 12.9. The Hall–Kier alpha value is -1.93. The SMILES string of the molecule is CC(C)(C)n1ncc2c(=O)[nH]c(N3CCCC3CN3CCCC3CO)nc21. The summed E-state index contributed by atoms with van der Waals surface area (Å²) in [5.41, 5.74) is 0.264. The second-order valence-corrected chi connectivity index (χ2v) is 8.82. The Bertz CT molecular complexity index is 867.